The van der Waals surface area contributed by atoms with E-state index in [4.69, 9.17) is 0 Å². The van der Waals surface area contributed by atoms with Crippen LogP contribution in [-0.2, 0) is 0 Å². The molecule has 4 heteroatoms. The molecule has 2 aromatic carbocycles. The van der Waals surface area contributed by atoms with E-state index in [1.165, 1.54) is 11.1 Å². The van der Waals surface area contributed by atoms with Gasteiger partial charge in [0.15, 0.2) is 3.90 Å². The molecule has 1 aliphatic rings. The Morgan fingerprint density at radius 1 is 1.09 bits per heavy atom. The summed E-state index contributed by atoms with van der Waals surface area (Å²) < 4.78 is -0.429. The molecule has 0 amide bonds. The number of hydrogen-bond acceptors (Lipinski definition) is 3. The van der Waals surface area contributed by atoms with Crippen molar-refractivity contribution in [3.8, 4) is 0 Å². The standard InChI is InChI=1S/C19H19BrN2S/c1-2-13-23-19(20)21-17(15-9-5-3-6-10-15)14-18(22-19)16-11-7-4-8-12-16/h2-12,14,17,21-22H,1,13H2. The smallest absolute Gasteiger partial charge is 0.195 e. The summed E-state index contributed by atoms with van der Waals surface area (Å²) in [6.45, 7) is 3.82. The molecule has 0 aromatic heterocycles. The molecule has 0 fully saturated rings. The summed E-state index contributed by atoms with van der Waals surface area (Å²) in [5, 5.41) is 7.19. The lowest BCUT2D eigenvalue weighted by atomic mass is 10.0. The summed E-state index contributed by atoms with van der Waals surface area (Å²) in [7, 11) is 0. The van der Waals surface area contributed by atoms with E-state index < -0.39 is 3.90 Å². The second kappa shape index (κ2) is 7.39. The molecule has 2 N–H and O–H groups in total. The molecule has 23 heavy (non-hydrogen) atoms. The Labute approximate surface area is 150 Å². The minimum Gasteiger partial charge on any atom is -0.349 e. The van der Waals surface area contributed by atoms with Gasteiger partial charge in [0.2, 0.25) is 0 Å². The lowest BCUT2D eigenvalue weighted by Gasteiger charge is -2.39. The summed E-state index contributed by atoms with van der Waals surface area (Å²) in [6.07, 6.45) is 4.15. The van der Waals surface area contributed by atoms with Crippen molar-refractivity contribution >= 4 is 33.4 Å². The third-order valence-electron chi connectivity index (χ3n) is 3.61. The minimum absolute atomic E-state index is 0.129. The van der Waals surface area contributed by atoms with Crippen LogP contribution in [-0.4, -0.2) is 9.66 Å². The van der Waals surface area contributed by atoms with Crippen LogP contribution < -0.4 is 10.6 Å². The van der Waals surface area contributed by atoms with E-state index in [2.05, 4.69) is 87.7 Å². The summed E-state index contributed by atoms with van der Waals surface area (Å²) in [5.74, 6) is 0.842. The summed E-state index contributed by atoms with van der Waals surface area (Å²) in [6, 6.07) is 21.0. The number of benzene rings is 2. The van der Waals surface area contributed by atoms with Crippen LogP contribution in [0.5, 0.6) is 0 Å². The van der Waals surface area contributed by atoms with Crippen molar-refractivity contribution in [2.75, 3.05) is 5.75 Å². The van der Waals surface area contributed by atoms with Crippen molar-refractivity contribution in [3.63, 3.8) is 0 Å². The van der Waals surface area contributed by atoms with Crippen molar-refractivity contribution in [1.29, 1.82) is 0 Å². The Kier molecular flexibility index (Phi) is 5.26. The van der Waals surface area contributed by atoms with Gasteiger partial charge in [0.1, 0.15) is 0 Å². The maximum absolute atomic E-state index is 3.82. The van der Waals surface area contributed by atoms with Crippen LogP contribution in [0.2, 0.25) is 0 Å². The molecule has 2 unspecified atom stereocenters. The Bertz CT molecular complexity index is 687. The van der Waals surface area contributed by atoms with Crippen LogP contribution in [0.4, 0.5) is 0 Å². The first-order valence-electron chi connectivity index (χ1n) is 7.52. The Hall–Kier alpha value is -1.49. The second-order valence-electron chi connectivity index (χ2n) is 5.30. The van der Waals surface area contributed by atoms with Gasteiger partial charge in [-0.15, -0.1) is 18.3 Å². The number of nitrogens with one attached hydrogen (secondary N) is 2. The second-order valence-corrected chi connectivity index (χ2v) is 8.25. The highest BCUT2D eigenvalue weighted by molar-refractivity contribution is 9.11. The van der Waals surface area contributed by atoms with Gasteiger partial charge in [-0.1, -0.05) is 66.7 Å². The van der Waals surface area contributed by atoms with Gasteiger partial charge in [-0.25, -0.2) is 0 Å². The zero-order valence-corrected chi connectivity index (χ0v) is 15.1. The van der Waals surface area contributed by atoms with Crippen molar-refractivity contribution in [1.82, 2.24) is 10.6 Å². The molecule has 118 valence electrons. The lowest BCUT2D eigenvalue weighted by Crippen LogP contribution is -2.52. The SMILES string of the molecule is C=CCSC1(Br)NC(c2ccccc2)=CC(c2ccccc2)N1. The van der Waals surface area contributed by atoms with E-state index >= 15 is 0 Å². The van der Waals surface area contributed by atoms with E-state index in [-0.39, 0.29) is 6.04 Å². The summed E-state index contributed by atoms with van der Waals surface area (Å²) in [5.41, 5.74) is 3.54. The molecule has 1 heterocycles. The van der Waals surface area contributed by atoms with Crippen LogP contribution in [0, 0.1) is 0 Å². The molecule has 2 aromatic rings. The topological polar surface area (TPSA) is 24.1 Å². The van der Waals surface area contributed by atoms with Gasteiger partial charge in [-0.3, -0.25) is 5.32 Å². The van der Waals surface area contributed by atoms with Crippen LogP contribution in [0.3, 0.4) is 0 Å². The number of thioether (sulfide) groups is 1. The maximum Gasteiger partial charge on any atom is 0.195 e. The van der Waals surface area contributed by atoms with E-state index in [0.29, 0.717) is 0 Å². The van der Waals surface area contributed by atoms with Crippen molar-refractivity contribution in [2.24, 2.45) is 0 Å². The molecular formula is C19H19BrN2S. The molecule has 2 atom stereocenters. The number of hydrogen-bond donors (Lipinski definition) is 2. The Balaban J connectivity index is 1.96. The van der Waals surface area contributed by atoms with Crippen LogP contribution in [0.25, 0.3) is 5.70 Å². The highest BCUT2D eigenvalue weighted by Gasteiger charge is 2.34. The van der Waals surface area contributed by atoms with Crippen LogP contribution >= 0.6 is 27.7 Å². The first-order chi connectivity index (χ1) is 11.2. The van der Waals surface area contributed by atoms with Crippen molar-refractivity contribution < 1.29 is 0 Å². The largest absolute Gasteiger partial charge is 0.349 e. The molecule has 0 saturated carbocycles. The third-order valence-corrected chi connectivity index (χ3v) is 5.75. The van der Waals surface area contributed by atoms with Gasteiger partial charge in [-0.2, -0.15) is 0 Å². The molecule has 0 saturated heterocycles. The lowest BCUT2D eigenvalue weighted by molar-refractivity contribution is 0.513. The van der Waals surface area contributed by atoms with Gasteiger partial charge in [-0.05, 0) is 33.1 Å². The molecule has 0 aliphatic carbocycles. The van der Waals surface area contributed by atoms with Gasteiger partial charge in [0.05, 0.1) is 6.04 Å². The average molecular weight is 387 g/mol. The highest BCUT2D eigenvalue weighted by Crippen LogP contribution is 2.37. The number of halogens is 1. The first-order valence-corrected chi connectivity index (χ1v) is 9.30. The van der Waals surface area contributed by atoms with E-state index in [9.17, 15) is 0 Å². The molecule has 2 nitrogen and oxygen atoms in total. The third kappa shape index (κ3) is 4.08. The normalized spacial score (nSPS) is 23.7. The monoisotopic (exact) mass is 386 g/mol. The Morgan fingerprint density at radius 2 is 1.74 bits per heavy atom. The van der Waals surface area contributed by atoms with Gasteiger partial charge >= 0.3 is 0 Å². The zero-order chi connectivity index (χ0) is 16.1. The van der Waals surface area contributed by atoms with Gasteiger partial charge in [0.25, 0.3) is 0 Å². The average Bonchev–Trinajstić information content (AvgIpc) is 2.61. The molecule has 0 radical (unpaired) electrons. The van der Waals surface area contributed by atoms with Gasteiger partial charge < -0.3 is 5.32 Å². The zero-order valence-electron chi connectivity index (χ0n) is 12.7. The number of rotatable bonds is 5. The predicted octanol–water partition coefficient (Wildman–Crippen LogP) is 4.89. The van der Waals surface area contributed by atoms with Crippen LogP contribution in [0.1, 0.15) is 17.2 Å². The minimum atomic E-state index is -0.429. The quantitative estimate of drug-likeness (QED) is 0.434. The highest BCUT2D eigenvalue weighted by atomic mass is 79.9. The predicted molar refractivity (Wildman–Crippen MR) is 104 cm³/mol. The molecular weight excluding hydrogens is 368 g/mol. The fourth-order valence-electron chi connectivity index (χ4n) is 2.54. The van der Waals surface area contributed by atoms with E-state index in [1.54, 1.807) is 11.8 Å². The molecule has 0 spiro atoms. The van der Waals surface area contributed by atoms with Gasteiger partial charge in [0, 0.05) is 11.4 Å². The summed E-state index contributed by atoms with van der Waals surface area (Å²) >= 11 is 5.56. The fraction of sp³-hybridized carbons (Fsp3) is 0.158. The maximum atomic E-state index is 3.82. The van der Waals surface area contributed by atoms with Crippen LogP contribution in [0.15, 0.2) is 79.4 Å². The molecule has 0 bridgehead atoms. The van der Waals surface area contributed by atoms with E-state index in [1.807, 2.05) is 18.2 Å². The number of alkyl halides is 1. The molecule has 1 aliphatic heterocycles. The van der Waals surface area contributed by atoms with Crippen molar-refractivity contribution in [3.05, 3.63) is 90.5 Å². The first kappa shape index (κ1) is 16.4. The summed E-state index contributed by atoms with van der Waals surface area (Å²) in [4.78, 5) is 0. The Morgan fingerprint density at radius 3 is 2.39 bits per heavy atom. The molecule has 3 rings (SSSR count). The van der Waals surface area contributed by atoms with Crippen molar-refractivity contribution in [2.45, 2.75) is 9.95 Å². The fourth-order valence-corrected chi connectivity index (χ4v) is 4.13. The van der Waals surface area contributed by atoms with E-state index in [0.717, 1.165) is 11.4 Å².